The molecule has 1 saturated heterocycles. The van der Waals surface area contributed by atoms with Crippen LogP contribution >= 0.6 is 0 Å². The maximum absolute atomic E-state index is 13.4. The van der Waals surface area contributed by atoms with Gasteiger partial charge >= 0.3 is 6.09 Å². The number of aryl methyl sites for hydroxylation is 1. The van der Waals surface area contributed by atoms with Crippen LogP contribution in [0.15, 0.2) is 78.1 Å². The van der Waals surface area contributed by atoms with Crippen molar-refractivity contribution in [2.75, 3.05) is 24.5 Å². The molecule has 0 spiro atoms. The topological polar surface area (TPSA) is 97.6 Å². The van der Waals surface area contributed by atoms with Crippen molar-refractivity contribution in [3.05, 3.63) is 84.3 Å². The van der Waals surface area contributed by atoms with Gasteiger partial charge in [0.05, 0.1) is 10.3 Å². The molecule has 198 valence electrons. The lowest BCUT2D eigenvalue weighted by molar-refractivity contribution is 0.0856. The number of likely N-dealkylation sites (tertiary alicyclic amines) is 1. The third-order valence-corrected chi connectivity index (χ3v) is 8.60. The van der Waals surface area contributed by atoms with Crippen molar-refractivity contribution in [2.45, 2.75) is 44.2 Å². The summed E-state index contributed by atoms with van der Waals surface area (Å²) in [4.78, 5) is 25.8. The molecule has 9 nitrogen and oxygen atoms in total. The maximum atomic E-state index is 13.4. The van der Waals surface area contributed by atoms with Crippen LogP contribution in [-0.2, 0) is 21.4 Å². The minimum Gasteiger partial charge on any atom is -0.445 e. The second kappa shape index (κ2) is 10.8. The van der Waals surface area contributed by atoms with Crippen LogP contribution in [0.2, 0.25) is 0 Å². The number of amides is 1. The Morgan fingerprint density at radius 2 is 1.84 bits per heavy atom. The number of anilines is 1. The summed E-state index contributed by atoms with van der Waals surface area (Å²) in [5, 5.41) is 0.647. The summed E-state index contributed by atoms with van der Waals surface area (Å²) < 4.78 is 33.5. The SMILES string of the molecule is CCN(c1ncnc2c1ccn2S(=O)(=O)c1ccc(C)cc1)[C@H]1CCCN(C(=O)OCc2ccccc2)C1. The quantitative estimate of drug-likeness (QED) is 0.342. The summed E-state index contributed by atoms with van der Waals surface area (Å²) in [5.41, 5.74) is 2.25. The largest absolute Gasteiger partial charge is 0.445 e. The zero-order chi connectivity index (χ0) is 26.7. The number of benzene rings is 2. The van der Waals surface area contributed by atoms with E-state index in [1.165, 1.54) is 16.5 Å². The molecular weight excluding hydrogens is 502 g/mol. The van der Waals surface area contributed by atoms with E-state index in [9.17, 15) is 13.2 Å². The lowest BCUT2D eigenvalue weighted by Crippen LogP contribution is -2.50. The van der Waals surface area contributed by atoms with Gasteiger partial charge in [-0.15, -0.1) is 0 Å². The van der Waals surface area contributed by atoms with Crippen molar-refractivity contribution in [1.82, 2.24) is 18.8 Å². The fourth-order valence-corrected chi connectivity index (χ4v) is 6.23. The first-order valence-corrected chi connectivity index (χ1v) is 14.2. The first-order valence-electron chi connectivity index (χ1n) is 12.7. The average Bonchev–Trinajstić information content (AvgIpc) is 3.39. The van der Waals surface area contributed by atoms with Crippen molar-refractivity contribution in [3.63, 3.8) is 0 Å². The summed E-state index contributed by atoms with van der Waals surface area (Å²) in [5.74, 6) is 0.653. The van der Waals surface area contributed by atoms with E-state index < -0.39 is 10.0 Å². The minimum absolute atomic E-state index is 0.00757. The van der Waals surface area contributed by atoms with Gasteiger partial charge in [-0.1, -0.05) is 48.0 Å². The molecule has 0 saturated carbocycles. The molecule has 0 bridgehead atoms. The summed E-state index contributed by atoms with van der Waals surface area (Å²) >= 11 is 0. The number of aromatic nitrogens is 3. The molecule has 0 N–H and O–H groups in total. The van der Waals surface area contributed by atoms with Gasteiger partial charge in [0.2, 0.25) is 0 Å². The van der Waals surface area contributed by atoms with Crippen molar-refractivity contribution in [1.29, 1.82) is 0 Å². The van der Waals surface area contributed by atoms with Gasteiger partial charge in [-0.25, -0.2) is 27.2 Å². The van der Waals surface area contributed by atoms with Gasteiger partial charge < -0.3 is 14.5 Å². The monoisotopic (exact) mass is 533 g/mol. The third kappa shape index (κ3) is 5.08. The second-order valence-corrected chi connectivity index (χ2v) is 11.2. The highest BCUT2D eigenvalue weighted by Crippen LogP contribution is 2.30. The van der Waals surface area contributed by atoms with Crippen LogP contribution in [0.5, 0.6) is 0 Å². The van der Waals surface area contributed by atoms with Crippen LogP contribution in [0.25, 0.3) is 11.0 Å². The first kappa shape index (κ1) is 25.7. The Balaban J connectivity index is 1.38. The summed E-state index contributed by atoms with van der Waals surface area (Å²) in [6.07, 6.45) is 4.30. The third-order valence-electron chi connectivity index (χ3n) is 6.92. The Kier molecular flexibility index (Phi) is 7.33. The van der Waals surface area contributed by atoms with Crippen LogP contribution in [-0.4, -0.2) is 59.0 Å². The van der Waals surface area contributed by atoms with E-state index in [4.69, 9.17) is 4.74 Å². The van der Waals surface area contributed by atoms with Crippen molar-refractivity contribution in [2.24, 2.45) is 0 Å². The van der Waals surface area contributed by atoms with E-state index >= 15 is 0 Å². The highest BCUT2D eigenvalue weighted by Gasteiger charge is 2.30. The number of nitrogens with zero attached hydrogens (tertiary/aromatic N) is 5. The molecule has 10 heteroatoms. The van der Waals surface area contributed by atoms with Gasteiger partial charge in [0.25, 0.3) is 10.0 Å². The Bertz CT molecular complexity index is 1520. The smallest absolute Gasteiger partial charge is 0.410 e. The summed E-state index contributed by atoms with van der Waals surface area (Å²) in [7, 11) is -3.82. The molecule has 1 fully saturated rings. The number of hydrogen-bond donors (Lipinski definition) is 0. The molecule has 0 radical (unpaired) electrons. The normalized spacial score (nSPS) is 15.9. The number of ether oxygens (including phenoxy) is 1. The van der Waals surface area contributed by atoms with Gasteiger partial charge in [0, 0.05) is 31.9 Å². The number of piperidine rings is 1. The average molecular weight is 534 g/mol. The van der Waals surface area contributed by atoms with Crippen molar-refractivity contribution < 1.29 is 17.9 Å². The molecule has 2 aromatic heterocycles. The van der Waals surface area contributed by atoms with Gasteiger partial charge in [0.15, 0.2) is 5.65 Å². The molecule has 1 aliphatic heterocycles. The van der Waals surface area contributed by atoms with E-state index in [1.54, 1.807) is 35.2 Å². The van der Waals surface area contributed by atoms with Crippen LogP contribution < -0.4 is 4.90 Å². The zero-order valence-electron chi connectivity index (χ0n) is 21.5. The van der Waals surface area contributed by atoms with Gasteiger partial charge in [-0.05, 0) is 50.5 Å². The number of carbonyl (C=O) groups is 1. The standard InChI is InChI=1S/C28H31N5O4S/c1-3-32(23-10-7-16-31(18-23)28(34)37-19-22-8-5-4-6-9-22)26-25-15-17-33(27(25)30-20-29-26)38(35,36)24-13-11-21(2)12-14-24/h4-6,8-9,11-15,17,20,23H,3,7,10,16,18-19H2,1-2H3/t23-/m0/s1. The molecule has 38 heavy (non-hydrogen) atoms. The minimum atomic E-state index is -3.82. The van der Waals surface area contributed by atoms with Crippen LogP contribution in [0.3, 0.4) is 0 Å². The number of fused-ring (bicyclic) bond motifs is 1. The lowest BCUT2D eigenvalue weighted by atomic mass is 10.0. The summed E-state index contributed by atoms with van der Waals surface area (Å²) in [6, 6.07) is 18.1. The highest BCUT2D eigenvalue weighted by atomic mass is 32.2. The molecule has 0 aliphatic carbocycles. The van der Waals surface area contributed by atoms with Crippen LogP contribution in [0.4, 0.5) is 10.6 Å². The maximum Gasteiger partial charge on any atom is 0.410 e. The Hall–Kier alpha value is -3.92. The molecule has 1 amide bonds. The molecule has 2 aromatic carbocycles. The number of carbonyl (C=O) groups excluding carboxylic acids is 1. The predicted octanol–water partition coefficient (Wildman–Crippen LogP) is 4.60. The lowest BCUT2D eigenvalue weighted by Gasteiger charge is -2.39. The van der Waals surface area contributed by atoms with Crippen molar-refractivity contribution >= 4 is 33.0 Å². The first-order chi connectivity index (χ1) is 18.4. The van der Waals surface area contributed by atoms with E-state index in [-0.39, 0.29) is 23.6 Å². The Morgan fingerprint density at radius 3 is 2.58 bits per heavy atom. The molecule has 0 unspecified atom stereocenters. The van der Waals surface area contributed by atoms with Gasteiger partial charge in [-0.2, -0.15) is 0 Å². The van der Waals surface area contributed by atoms with Crippen LogP contribution in [0.1, 0.15) is 30.9 Å². The fourth-order valence-electron chi connectivity index (χ4n) is 4.93. The fraction of sp³-hybridized carbons (Fsp3) is 0.321. The Labute approximate surface area is 222 Å². The summed E-state index contributed by atoms with van der Waals surface area (Å²) in [6.45, 7) is 5.94. The van der Waals surface area contributed by atoms with E-state index in [0.29, 0.717) is 36.5 Å². The van der Waals surface area contributed by atoms with Gasteiger partial charge in [0.1, 0.15) is 18.8 Å². The molecule has 1 atom stereocenters. The van der Waals surface area contributed by atoms with E-state index in [1.807, 2.05) is 44.2 Å². The molecule has 5 rings (SSSR count). The number of likely N-dealkylation sites (N-methyl/N-ethyl adjacent to an activating group) is 1. The molecule has 4 aromatic rings. The van der Waals surface area contributed by atoms with Gasteiger partial charge in [-0.3, -0.25) is 0 Å². The second-order valence-electron chi connectivity index (χ2n) is 9.43. The number of rotatable bonds is 7. The van der Waals surface area contributed by atoms with E-state index in [0.717, 1.165) is 24.0 Å². The molecular formula is C28H31N5O4S. The van der Waals surface area contributed by atoms with Crippen LogP contribution in [0, 0.1) is 6.92 Å². The molecule has 3 heterocycles. The van der Waals surface area contributed by atoms with Crippen molar-refractivity contribution in [3.8, 4) is 0 Å². The predicted molar refractivity (Wildman–Crippen MR) is 146 cm³/mol. The van der Waals surface area contributed by atoms with E-state index in [2.05, 4.69) is 14.9 Å². The molecule has 1 aliphatic rings. The zero-order valence-corrected chi connectivity index (χ0v) is 22.3. The number of hydrogen-bond acceptors (Lipinski definition) is 7. The Morgan fingerprint density at radius 1 is 1.08 bits per heavy atom. The highest BCUT2D eigenvalue weighted by molar-refractivity contribution is 7.90.